The van der Waals surface area contributed by atoms with Crippen LogP contribution in [0, 0.1) is 10.1 Å². The second-order valence-electron chi connectivity index (χ2n) is 8.96. The van der Waals surface area contributed by atoms with Gasteiger partial charge < -0.3 is 14.6 Å². The fourth-order valence-corrected chi connectivity index (χ4v) is 4.53. The third-order valence-corrected chi connectivity index (χ3v) is 6.37. The number of nitrogens with zero attached hydrogens (tertiary/aromatic N) is 2. The summed E-state index contributed by atoms with van der Waals surface area (Å²) in [7, 11) is 0. The zero-order chi connectivity index (χ0) is 30.4. The summed E-state index contributed by atoms with van der Waals surface area (Å²) in [6, 6.07) is 15.0. The minimum absolute atomic E-state index is 0.0229. The summed E-state index contributed by atoms with van der Waals surface area (Å²) in [5, 5.41) is 22.8. The first-order valence-corrected chi connectivity index (χ1v) is 13.0. The molecule has 1 aliphatic heterocycles. The first kappa shape index (κ1) is 29.6. The second kappa shape index (κ2) is 12.9. The summed E-state index contributed by atoms with van der Waals surface area (Å²) < 4.78 is 11.9. The number of thiocarbonyl (C=S) groups is 1. The molecule has 1 aliphatic rings. The minimum Gasteiger partial charge on any atom is -0.490 e. The molecule has 0 unspecified atom stereocenters. The molecule has 42 heavy (non-hydrogen) atoms. The number of carboxylic acids is 1. The Morgan fingerprint density at radius 2 is 1.90 bits per heavy atom. The maximum Gasteiger partial charge on any atom is 0.335 e. The van der Waals surface area contributed by atoms with Crippen molar-refractivity contribution in [3.05, 3.63) is 111 Å². The normalized spacial score (nSPS) is 14.0. The number of allylic oxidation sites excluding steroid dienone is 1. The molecule has 2 amide bonds. The largest absolute Gasteiger partial charge is 0.490 e. The van der Waals surface area contributed by atoms with Crippen molar-refractivity contribution in [1.29, 1.82) is 0 Å². The van der Waals surface area contributed by atoms with Crippen molar-refractivity contribution in [2.75, 3.05) is 11.5 Å². The molecule has 4 rings (SSSR count). The van der Waals surface area contributed by atoms with Gasteiger partial charge in [0.25, 0.3) is 17.5 Å². The van der Waals surface area contributed by atoms with Gasteiger partial charge in [-0.1, -0.05) is 24.3 Å². The van der Waals surface area contributed by atoms with Crippen molar-refractivity contribution in [2.45, 2.75) is 20.0 Å². The molecule has 1 heterocycles. The predicted molar refractivity (Wildman–Crippen MR) is 159 cm³/mol. The fourth-order valence-electron chi connectivity index (χ4n) is 4.25. The lowest BCUT2D eigenvalue weighted by molar-refractivity contribution is -0.384. The highest BCUT2D eigenvalue weighted by Crippen LogP contribution is 2.36. The Kier molecular flexibility index (Phi) is 9.08. The van der Waals surface area contributed by atoms with Gasteiger partial charge in [-0.3, -0.25) is 29.9 Å². The van der Waals surface area contributed by atoms with E-state index in [1.807, 2.05) is 0 Å². The number of hydrogen-bond donors (Lipinski definition) is 2. The Labute approximate surface area is 245 Å². The van der Waals surface area contributed by atoms with E-state index in [2.05, 4.69) is 11.9 Å². The van der Waals surface area contributed by atoms with Gasteiger partial charge in [0.2, 0.25) is 0 Å². The zero-order valence-corrected chi connectivity index (χ0v) is 23.2. The summed E-state index contributed by atoms with van der Waals surface area (Å²) >= 11 is 5.22. The van der Waals surface area contributed by atoms with Gasteiger partial charge in [-0.05, 0) is 73.1 Å². The van der Waals surface area contributed by atoms with Crippen LogP contribution in [0.1, 0.15) is 34.0 Å². The van der Waals surface area contributed by atoms with Crippen molar-refractivity contribution < 1.29 is 33.9 Å². The molecule has 0 saturated carbocycles. The van der Waals surface area contributed by atoms with Gasteiger partial charge in [0.15, 0.2) is 16.6 Å². The Morgan fingerprint density at radius 1 is 1.14 bits per heavy atom. The van der Waals surface area contributed by atoms with Crippen LogP contribution in [-0.4, -0.2) is 39.5 Å². The molecule has 0 aromatic heterocycles. The average molecular weight is 588 g/mol. The van der Waals surface area contributed by atoms with Crippen molar-refractivity contribution in [1.82, 2.24) is 5.32 Å². The number of aromatic carboxylic acids is 1. The van der Waals surface area contributed by atoms with Crippen LogP contribution in [0.2, 0.25) is 0 Å². The van der Waals surface area contributed by atoms with Gasteiger partial charge in [-0.2, -0.15) is 0 Å². The smallest absolute Gasteiger partial charge is 0.335 e. The number of nitro benzene ring substituents is 1. The first-order chi connectivity index (χ1) is 20.1. The number of carbonyl (C=O) groups is 3. The van der Waals surface area contributed by atoms with E-state index in [1.165, 1.54) is 42.5 Å². The predicted octanol–water partition coefficient (Wildman–Crippen LogP) is 4.83. The summed E-state index contributed by atoms with van der Waals surface area (Å²) in [5.74, 6) is -1.92. The molecule has 1 saturated heterocycles. The fraction of sp³-hybridized carbons (Fsp3) is 0.133. The van der Waals surface area contributed by atoms with Crippen LogP contribution < -0.4 is 19.7 Å². The maximum absolute atomic E-state index is 13.5. The molecular weight excluding hydrogens is 562 g/mol. The Morgan fingerprint density at radius 3 is 2.60 bits per heavy atom. The van der Waals surface area contributed by atoms with Gasteiger partial charge in [0.05, 0.1) is 22.8 Å². The molecule has 0 atom stereocenters. The molecule has 3 aromatic rings. The number of rotatable bonds is 11. The average Bonchev–Trinajstić information content (AvgIpc) is 2.95. The SMILES string of the molecule is C=CCc1cc(C=C2C(=O)NC(=S)N(c3cccc(C(=O)O)c3)C2=O)cc(OCC)c1OCc1cccc([N+](=O)[O-])c1. The van der Waals surface area contributed by atoms with Gasteiger partial charge in [-0.25, -0.2) is 4.79 Å². The quantitative estimate of drug-likeness (QED) is 0.0803. The summed E-state index contributed by atoms with van der Waals surface area (Å²) in [6.45, 7) is 5.88. The molecule has 3 aromatic carbocycles. The highest BCUT2D eigenvalue weighted by molar-refractivity contribution is 7.80. The van der Waals surface area contributed by atoms with Crippen LogP contribution in [0.15, 0.2) is 78.9 Å². The van der Waals surface area contributed by atoms with E-state index in [0.717, 1.165) is 4.90 Å². The van der Waals surface area contributed by atoms with Crippen LogP contribution in [0.5, 0.6) is 11.5 Å². The Balaban J connectivity index is 1.72. The third kappa shape index (κ3) is 6.50. The van der Waals surface area contributed by atoms with Crippen molar-refractivity contribution >= 4 is 52.6 Å². The van der Waals surface area contributed by atoms with E-state index in [9.17, 15) is 29.6 Å². The number of non-ortho nitro benzene ring substituents is 1. The monoisotopic (exact) mass is 587 g/mol. The lowest BCUT2D eigenvalue weighted by Crippen LogP contribution is -2.54. The number of benzene rings is 3. The van der Waals surface area contributed by atoms with Crippen LogP contribution in [0.25, 0.3) is 6.08 Å². The summed E-state index contributed by atoms with van der Waals surface area (Å²) in [4.78, 5) is 49.5. The van der Waals surface area contributed by atoms with Crippen LogP contribution in [-0.2, 0) is 22.6 Å². The molecule has 214 valence electrons. The second-order valence-corrected chi connectivity index (χ2v) is 9.35. The summed E-state index contributed by atoms with van der Waals surface area (Å²) in [6.07, 6.45) is 3.38. The molecule has 0 bridgehead atoms. The van der Waals surface area contributed by atoms with Gasteiger partial charge in [0, 0.05) is 17.7 Å². The third-order valence-electron chi connectivity index (χ3n) is 6.09. The van der Waals surface area contributed by atoms with E-state index in [4.69, 9.17) is 21.7 Å². The molecule has 12 heteroatoms. The van der Waals surface area contributed by atoms with Crippen molar-refractivity contribution in [3.63, 3.8) is 0 Å². The number of nitro groups is 1. The van der Waals surface area contributed by atoms with E-state index in [-0.39, 0.29) is 40.8 Å². The number of amides is 2. The highest BCUT2D eigenvalue weighted by Gasteiger charge is 2.35. The van der Waals surface area contributed by atoms with E-state index >= 15 is 0 Å². The molecule has 2 N–H and O–H groups in total. The topological polar surface area (TPSA) is 148 Å². The molecule has 11 nitrogen and oxygen atoms in total. The number of carbonyl (C=O) groups excluding carboxylic acids is 2. The zero-order valence-electron chi connectivity index (χ0n) is 22.4. The Hall–Kier alpha value is -5.36. The first-order valence-electron chi connectivity index (χ1n) is 12.6. The van der Waals surface area contributed by atoms with E-state index < -0.39 is 22.7 Å². The van der Waals surface area contributed by atoms with Gasteiger partial charge in [0.1, 0.15) is 12.2 Å². The van der Waals surface area contributed by atoms with E-state index in [1.54, 1.807) is 37.3 Å². The van der Waals surface area contributed by atoms with Gasteiger partial charge in [-0.15, -0.1) is 6.58 Å². The number of hydrogen-bond acceptors (Lipinski definition) is 8. The van der Waals surface area contributed by atoms with Crippen molar-refractivity contribution in [2.24, 2.45) is 0 Å². The Bertz CT molecular complexity index is 1650. The lowest BCUT2D eigenvalue weighted by atomic mass is 10.0. The van der Waals surface area contributed by atoms with Crippen molar-refractivity contribution in [3.8, 4) is 11.5 Å². The van der Waals surface area contributed by atoms with Gasteiger partial charge >= 0.3 is 5.97 Å². The highest BCUT2D eigenvalue weighted by atomic mass is 32.1. The minimum atomic E-state index is -1.18. The van der Waals surface area contributed by atoms with Crippen LogP contribution in [0.4, 0.5) is 11.4 Å². The number of nitrogens with one attached hydrogen (secondary N) is 1. The summed E-state index contributed by atoms with van der Waals surface area (Å²) in [5.41, 5.74) is 1.50. The van der Waals surface area contributed by atoms with E-state index in [0.29, 0.717) is 34.6 Å². The molecule has 0 radical (unpaired) electrons. The lowest BCUT2D eigenvalue weighted by Gasteiger charge is -2.29. The molecular formula is C30H25N3O8S. The number of carboxylic acid groups (broad SMARTS) is 1. The molecule has 1 fully saturated rings. The number of ether oxygens (including phenoxy) is 2. The van der Waals surface area contributed by atoms with Crippen LogP contribution >= 0.6 is 12.2 Å². The molecule has 0 spiro atoms. The van der Waals surface area contributed by atoms with Crippen LogP contribution in [0.3, 0.4) is 0 Å². The standard InChI is InChI=1S/C30H25N3O8S/c1-3-7-20-12-19(15-25(40-4-2)26(20)41-17-18-8-5-11-23(13-18)33(38)39)14-24-27(34)31-30(42)32(28(24)35)22-10-6-9-21(16-22)29(36)37/h3,5-6,8-16H,1,4,7,17H2,2H3,(H,36,37)(H,31,34,42). The maximum atomic E-state index is 13.5. The molecule has 0 aliphatic carbocycles. The number of anilines is 1.